The van der Waals surface area contributed by atoms with Crippen LogP contribution in [-0.4, -0.2) is 65.7 Å². The molecule has 3 N–H and O–H groups in total. The fourth-order valence-corrected chi connectivity index (χ4v) is 3.51. The molecule has 0 radical (unpaired) electrons. The number of carbonyl (C=O) groups is 1. The van der Waals surface area contributed by atoms with Gasteiger partial charge in [0.2, 0.25) is 0 Å². The standard InChI is InChI=1S/C13H25N3O2/c1-9-7-16(8-11(9)15(2)3)10-4-5-13(14,6-10)12(17)18/h9-11H,4-8,14H2,1-3H3,(H,17,18). The summed E-state index contributed by atoms with van der Waals surface area (Å²) in [5.74, 6) is -0.209. The smallest absolute Gasteiger partial charge is 0.323 e. The Hall–Kier alpha value is -0.650. The summed E-state index contributed by atoms with van der Waals surface area (Å²) in [5, 5.41) is 9.17. The number of hydrogen-bond donors (Lipinski definition) is 2. The van der Waals surface area contributed by atoms with Crippen molar-refractivity contribution in [1.29, 1.82) is 0 Å². The topological polar surface area (TPSA) is 69.8 Å². The Balaban J connectivity index is 1.98. The van der Waals surface area contributed by atoms with E-state index in [0.717, 1.165) is 19.5 Å². The van der Waals surface area contributed by atoms with Gasteiger partial charge in [-0.25, -0.2) is 0 Å². The predicted octanol–water partition coefficient (Wildman–Crippen LogP) is 0.203. The quantitative estimate of drug-likeness (QED) is 0.754. The highest BCUT2D eigenvalue weighted by Crippen LogP contribution is 2.34. The fourth-order valence-electron chi connectivity index (χ4n) is 3.51. The van der Waals surface area contributed by atoms with Crippen molar-refractivity contribution in [2.75, 3.05) is 27.2 Å². The first-order valence-corrected chi connectivity index (χ1v) is 6.76. The zero-order valence-electron chi connectivity index (χ0n) is 11.6. The molecule has 4 atom stereocenters. The van der Waals surface area contributed by atoms with Crippen LogP contribution in [0.5, 0.6) is 0 Å². The fraction of sp³-hybridized carbons (Fsp3) is 0.923. The van der Waals surface area contributed by atoms with Gasteiger partial charge in [0.25, 0.3) is 0 Å². The second-order valence-corrected chi connectivity index (χ2v) is 6.32. The molecule has 1 saturated carbocycles. The second kappa shape index (κ2) is 4.79. The van der Waals surface area contributed by atoms with Gasteiger partial charge in [-0.1, -0.05) is 6.92 Å². The van der Waals surface area contributed by atoms with Crippen LogP contribution in [0.3, 0.4) is 0 Å². The van der Waals surface area contributed by atoms with E-state index in [4.69, 9.17) is 5.73 Å². The van der Waals surface area contributed by atoms with Gasteiger partial charge < -0.3 is 15.7 Å². The highest BCUT2D eigenvalue weighted by molar-refractivity contribution is 5.79. The molecule has 0 bridgehead atoms. The summed E-state index contributed by atoms with van der Waals surface area (Å²) in [6.45, 7) is 4.37. The lowest BCUT2D eigenvalue weighted by atomic mass is 9.99. The van der Waals surface area contributed by atoms with E-state index in [-0.39, 0.29) is 0 Å². The Morgan fingerprint density at radius 3 is 2.56 bits per heavy atom. The predicted molar refractivity (Wildman–Crippen MR) is 70.4 cm³/mol. The summed E-state index contributed by atoms with van der Waals surface area (Å²) in [5.41, 5.74) is 4.96. The molecule has 2 rings (SSSR count). The lowest BCUT2D eigenvalue weighted by Gasteiger charge is -2.26. The number of likely N-dealkylation sites (N-methyl/N-ethyl adjacent to an activating group) is 1. The van der Waals surface area contributed by atoms with Crippen LogP contribution in [0.15, 0.2) is 0 Å². The summed E-state index contributed by atoms with van der Waals surface area (Å²) in [4.78, 5) is 15.9. The second-order valence-electron chi connectivity index (χ2n) is 6.32. The van der Waals surface area contributed by atoms with Crippen LogP contribution in [0, 0.1) is 5.92 Å². The van der Waals surface area contributed by atoms with E-state index in [1.807, 2.05) is 0 Å². The first-order chi connectivity index (χ1) is 8.33. The van der Waals surface area contributed by atoms with Crippen LogP contribution in [0.1, 0.15) is 26.2 Å². The van der Waals surface area contributed by atoms with Gasteiger partial charge in [0.15, 0.2) is 0 Å². The van der Waals surface area contributed by atoms with E-state index in [1.54, 1.807) is 0 Å². The Morgan fingerprint density at radius 1 is 1.44 bits per heavy atom. The van der Waals surface area contributed by atoms with Crippen molar-refractivity contribution < 1.29 is 9.90 Å². The Kier molecular flexibility index (Phi) is 3.67. The van der Waals surface area contributed by atoms with Crippen molar-refractivity contribution in [2.45, 2.75) is 43.8 Å². The van der Waals surface area contributed by atoms with Gasteiger partial charge >= 0.3 is 5.97 Å². The number of carboxylic acid groups (broad SMARTS) is 1. The molecular weight excluding hydrogens is 230 g/mol. The van der Waals surface area contributed by atoms with Gasteiger partial charge in [-0.15, -0.1) is 0 Å². The Labute approximate surface area is 109 Å². The molecule has 104 valence electrons. The molecule has 0 aromatic carbocycles. The molecule has 2 fully saturated rings. The van der Waals surface area contributed by atoms with E-state index in [0.29, 0.717) is 30.8 Å². The number of nitrogens with zero attached hydrogens (tertiary/aromatic N) is 2. The highest BCUT2D eigenvalue weighted by Gasteiger charge is 2.46. The molecule has 5 nitrogen and oxygen atoms in total. The molecule has 1 aliphatic carbocycles. The monoisotopic (exact) mass is 255 g/mol. The van der Waals surface area contributed by atoms with Crippen LogP contribution in [0.25, 0.3) is 0 Å². The minimum atomic E-state index is -0.996. The van der Waals surface area contributed by atoms with Crippen molar-refractivity contribution >= 4 is 5.97 Å². The number of nitrogens with two attached hydrogens (primary N) is 1. The molecule has 5 heteroatoms. The molecule has 1 saturated heterocycles. The summed E-state index contributed by atoms with van der Waals surface area (Å²) in [7, 11) is 4.23. The number of rotatable bonds is 3. The van der Waals surface area contributed by atoms with E-state index in [9.17, 15) is 9.90 Å². The third kappa shape index (κ3) is 2.39. The van der Waals surface area contributed by atoms with Gasteiger partial charge in [-0.3, -0.25) is 9.69 Å². The summed E-state index contributed by atoms with van der Waals surface area (Å²) < 4.78 is 0. The zero-order valence-corrected chi connectivity index (χ0v) is 11.6. The molecule has 18 heavy (non-hydrogen) atoms. The number of carboxylic acids is 1. The van der Waals surface area contributed by atoms with Crippen LogP contribution < -0.4 is 5.73 Å². The SMILES string of the molecule is CC1CN(C2CCC(N)(C(=O)O)C2)CC1N(C)C. The molecular formula is C13H25N3O2. The first-order valence-electron chi connectivity index (χ1n) is 6.76. The number of likely N-dealkylation sites (tertiary alicyclic amines) is 1. The van der Waals surface area contributed by atoms with Crippen LogP contribution in [-0.2, 0) is 4.79 Å². The van der Waals surface area contributed by atoms with Gasteiger partial charge in [-0.2, -0.15) is 0 Å². The van der Waals surface area contributed by atoms with E-state index in [2.05, 4.69) is 30.8 Å². The van der Waals surface area contributed by atoms with E-state index in [1.165, 1.54) is 0 Å². The molecule has 0 aromatic rings. The minimum absolute atomic E-state index is 0.346. The maximum Gasteiger partial charge on any atom is 0.323 e. The van der Waals surface area contributed by atoms with Gasteiger partial charge in [0.05, 0.1) is 0 Å². The highest BCUT2D eigenvalue weighted by atomic mass is 16.4. The van der Waals surface area contributed by atoms with Crippen LogP contribution in [0.4, 0.5) is 0 Å². The molecule has 4 unspecified atom stereocenters. The Morgan fingerprint density at radius 2 is 2.11 bits per heavy atom. The van der Waals surface area contributed by atoms with Crippen molar-refractivity contribution in [3.8, 4) is 0 Å². The number of aliphatic carboxylic acids is 1. The lowest BCUT2D eigenvalue weighted by molar-refractivity contribution is -0.143. The summed E-state index contributed by atoms with van der Waals surface area (Å²) in [6.07, 6.45) is 2.11. The van der Waals surface area contributed by atoms with E-state index < -0.39 is 11.5 Å². The van der Waals surface area contributed by atoms with E-state index >= 15 is 0 Å². The molecule has 0 spiro atoms. The average Bonchev–Trinajstić information content (AvgIpc) is 2.83. The molecule has 1 aliphatic heterocycles. The minimum Gasteiger partial charge on any atom is -0.480 e. The maximum atomic E-state index is 11.2. The molecule has 1 heterocycles. The molecule has 0 aromatic heterocycles. The average molecular weight is 255 g/mol. The van der Waals surface area contributed by atoms with Crippen LogP contribution >= 0.6 is 0 Å². The van der Waals surface area contributed by atoms with Gasteiger partial charge in [-0.05, 0) is 39.3 Å². The molecule has 0 amide bonds. The number of hydrogen-bond acceptors (Lipinski definition) is 4. The first kappa shape index (κ1) is 13.8. The van der Waals surface area contributed by atoms with Crippen molar-refractivity contribution in [3.63, 3.8) is 0 Å². The third-order valence-corrected chi connectivity index (χ3v) is 4.73. The van der Waals surface area contributed by atoms with Gasteiger partial charge in [0, 0.05) is 25.2 Å². The maximum absolute atomic E-state index is 11.2. The molecule has 2 aliphatic rings. The summed E-state index contributed by atoms with van der Waals surface area (Å²) in [6, 6.07) is 0.918. The van der Waals surface area contributed by atoms with Gasteiger partial charge in [0.1, 0.15) is 5.54 Å². The summed E-state index contributed by atoms with van der Waals surface area (Å²) >= 11 is 0. The largest absolute Gasteiger partial charge is 0.480 e. The Bertz CT molecular complexity index is 334. The van der Waals surface area contributed by atoms with Crippen LogP contribution in [0.2, 0.25) is 0 Å². The third-order valence-electron chi connectivity index (χ3n) is 4.73. The normalized spacial score (nSPS) is 41.7. The van der Waals surface area contributed by atoms with Crippen molar-refractivity contribution in [2.24, 2.45) is 11.7 Å². The van der Waals surface area contributed by atoms with Crippen molar-refractivity contribution in [3.05, 3.63) is 0 Å². The zero-order chi connectivity index (χ0) is 13.5. The van der Waals surface area contributed by atoms with Crippen molar-refractivity contribution in [1.82, 2.24) is 9.80 Å². The lowest BCUT2D eigenvalue weighted by Crippen LogP contribution is -2.47.